The minimum atomic E-state index is -0.387. The van der Waals surface area contributed by atoms with Crippen LogP contribution in [-0.2, 0) is 27.2 Å². The zero-order valence-electron chi connectivity index (χ0n) is 67.6. The number of carbonyl (C=O) groups is 8. The van der Waals surface area contributed by atoms with Crippen molar-refractivity contribution < 1.29 is 47.2 Å². The number of hydrogen-bond donors (Lipinski definition) is 8. The number of nitrogens with zero attached hydrogens (tertiary/aromatic N) is 16. The number of anilines is 8. The molecule has 0 saturated heterocycles. The van der Waals surface area contributed by atoms with Crippen LogP contribution < -0.4 is 42.5 Å². The third kappa shape index (κ3) is 25.3. The molecule has 11 heterocycles. The Morgan fingerprint density at radius 2 is 0.724 bits per heavy atom. The van der Waals surface area contributed by atoms with Gasteiger partial charge in [0.1, 0.15) is 69.1 Å². The Kier molecular flexibility index (Phi) is 28.7. The first-order valence-corrected chi connectivity index (χ1v) is 38.8. The summed E-state index contributed by atoms with van der Waals surface area (Å²) in [6.07, 6.45) is 7.71. The van der Waals surface area contributed by atoms with E-state index in [-0.39, 0.29) is 71.1 Å². The smallest absolute Gasteiger partial charge is 0.259 e. The molecule has 8 N–H and O–H groups in total. The standard InChI is InChI=1S/C24H22N6O3.C23H20N6O3.C22H18N6O2S.C19H18N6O2/c1-15-6-11-19(33-15)12-13-21(31)28-18-9-7-17(8-10-18)23(32)30-24-27-16(2)26-22(29-24)20-5-3-4-14-25-20;1-13-12-18(14(2)32-13)22(31)27-17-9-7-16(8-10-17)21(30)29-23-26-15(3)25-20(28-23)19-6-4-5-11-24-19;1-14-24-20(18-6-2-3-11-23-18)27-22(25-14)28-21(30)15-7-9-16(10-8-15)26-19(29)13-17-5-4-12-31-17;1-11-10-14(23-13(3)26)7-8-15(11)18(27)25-19-22-12(2)21-17(24-19)16-6-4-5-9-20-16/h3-11,14H,12-13H2,1-2H3,(H,28,31)(H,26,27,29,30,32);4-12H,1-3H3,(H,27,31)(H,25,26,28,29,30);2-12H,13H2,1H3,(H,26,29)(H,24,25,27,28,30);4-10H,1-3H3,(H,23,26)(H,21,22,24,25,27). The van der Waals surface area contributed by atoms with E-state index in [4.69, 9.17) is 8.83 Å². The Balaban J connectivity index is 0.000000150. The zero-order chi connectivity index (χ0) is 86.9. The van der Waals surface area contributed by atoms with Crippen LogP contribution in [0.1, 0.15) is 122 Å². The summed E-state index contributed by atoms with van der Waals surface area (Å²) >= 11 is 1.54. The van der Waals surface area contributed by atoms with Gasteiger partial charge < -0.3 is 30.1 Å². The quantitative estimate of drug-likeness (QED) is 0.0312. The number of carbonyl (C=O) groups excluding carboxylic acids is 8. The summed E-state index contributed by atoms with van der Waals surface area (Å²) in [7, 11) is 0. The molecule has 0 unspecified atom stereocenters. The van der Waals surface area contributed by atoms with Crippen molar-refractivity contribution >= 4 is 105 Å². The molecular weight excluding hydrogens is 1590 g/mol. The van der Waals surface area contributed by atoms with Gasteiger partial charge >= 0.3 is 0 Å². The number of furan rings is 2. The van der Waals surface area contributed by atoms with Gasteiger partial charge in [-0.2, -0.15) is 39.9 Å². The number of aromatic nitrogens is 16. The summed E-state index contributed by atoms with van der Waals surface area (Å²) in [5.41, 5.74) is 7.59. The van der Waals surface area contributed by atoms with E-state index in [1.165, 1.54) is 18.3 Å². The summed E-state index contributed by atoms with van der Waals surface area (Å²) < 4.78 is 10.9. The first-order chi connectivity index (χ1) is 59.3. The van der Waals surface area contributed by atoms with Crippen LogP contribution in [0, 0.1) is 55.4 Å². The van der Waals surface area contributed by atoms with Gasteiger partial charge in [-0.15, -0.1) is 11.3 Å². The predicted molar refractivity (Wildman–Crippen MR) is 461 cm³/mol. The van der Waals surface area contributed by atoms with Gasteiger partial charge in [0.05, 0.1) is 12.0 Å². The van der Waals surface area contributed by atoms with E-state index in [9.17, 15) is 38.4 Å². The molecule has 8 amide bonds. The second-order valence-corrected chi connectivity index (χ2v) is 27.9. The molecule has 123 heavy (non-hydrogen) atoms. The molecule has 0 bridgehead atoms. The third-order valence-corrected chi connectivity index (χ3v) is 18.0. The third-order valence-electron chi connectivity index (χ3n) is 17.1. The number of pyridine rings is 4. The molecule has 0 atom stereocenters. The summed E-state index contributed by atoms with van der Waals surface area (Å²) in [6.45, 7) is 15.5. The summed E-state index contributed by atoms with van der Waals surface area (Å²) in [4.78, 5) is 167. The van der Waals surface area contributed by atoms with Gasteiger partial charge in [0, 0.05) is 94.4 Å². The molecule has 4 aromatic carbocycles. The number of amides is 8. The second kappa shape index (κ2) is 41.1. The van der Waals surface area contributed by atoms with Crippen molar-refractivity contribution in [2.45, 2.75) is 81.6 Å². The first-order valence-electron chi connectivity index (χ1n) is 37.9. The lowest BCUT2D eigenvalue weighted by Crippen LogP contribution is -2.17. The largest absolute Gasteiger partial charge is 0.466 e. The lowest BCUT2D eigenvalue weighted by Gasteiger charge is -2.10. The number of aryl methyl sites for hydroxylation is 9. The lowest BCUT2D eigenvalue weighted by molar-refractivity contribution is -0.116. The van der Waals surface area contributed by atoms with Crippen molar-refractivity contribution in [3.8, 4) is 46.1 Å². The molecule has 15 aromatic rings. The normalized spacial score (nSPS) is 10.5. The summed E-state index contributed by atoms with van der Waals surface area (Å²) in [6, 6.07) is 55.6. The van der Waals surface area contributed by atoms with Crippen LogP contribution in [-0.4, -0.2) is 127 Å². The Hall–Kier alpha value is -16.5. The van der Waals surface area contributed by atoms with E-state index in [1.54, 1.807) is 219 Å². The van der Waals surface area contributed by atoms with Gasteiger partial charge in [0.25, 0.3) is 29.5 Å². The summed E-state index contributed by atoms with van der Waals surface area (Å²) in [5, 5.41) is 23.8. The first kappa shape index (κ1) is 85.9. The molecule has 0 spiro atoms. The van der Waals surface area contributed by atoms with Crippen LogP contribution in [0.2, 0.25) is 0 Å². The number of rotatable bonds is 22. The zero-order valence-corrected chi connectivity index (χ0v) is 68.4. The second-order valence-electron chi connectivity index (χ2n) is 26.9. The molecule has 0 radical (unpaired) electrons. The van der Waals surface area contributed by atoms with E-state index in [0.717, 1.165) is 22.0 Å². The maximum Gasteiger partial charge on any atom is 0.259 e. The van der Waals surface area contributed by atoms with Crippen molar-refractivity contribution in [2.75, 3.05) is 42.5 Å². The van der Waals surface area contributed by atoms with Gasteiger partial charge in [-0.05, 0) is 230 Å². The molecule has 0 aliphatic heterocycles. The maximum atomic E-state index is 12.6. The highest BCUT2D eigenvalue weighted by molar-refractivity contribution is 7.10. The fourth-order valence-corrected chi connectivity index (χ4v) is 12.2. The van der Waals surface area contributed by atoms with Crippen LogP contribution in [0.15, 0.2) is 233 Å². The highest BCUT2D eigenvalue weighted by atomic mass is 32.1. The van der Waals surface area contributed by atoms with Gasteiger partial charge in [-0.1, -0.05) is 30.3 Å². The van der Waals surface area contributed by atoms with Crippen molar-refractivity contribution in [2.24, 2.45) is 0 Å². The number of nitrogens with one attached hydrogen (secondary N) is 8. The number of thiophene rings is 1. The molecule has 616 valence electrons. The van der Waals surface area contributed by atoms with Gasteiger partial charge in [-0.25, -0.2) is 19.9 Å². The Bertz CT molecular complexity index is 6270. The fraction of sp³-hybridized carbons (Fsp3) is 0.136. The van der Waals surface area contributed by atoms with Crippen molar-refractivity contribution in [3.05, 3.63) is 309 Å². The average molecular weight is 1660 g/mol. The molecule has 0 aliphatic carbocycles. The molecule has 34 nitrogen and oxygen atoms in total. The number of benzene rings is 4. The number of hydrogen-bond acceptors (Lipinski definition) is 27. The van der Waals surface area contributed by atoms with Gasteiger partial charge in [-0.3, -0.25) is 79.6 Å². The highest BCUT2D eigenvalue weighted by Crippen LogP contribution is 2.24. The van der Waals surface area contributed by atoms with Crippen LogP contribution >= 0.6 is 11.3 Å². The molecule has 0 saturated carbocycles. The molecule has 0 aliphatic rings. The topological polar surface area (TPSA) is 465 Å². The van der Waals surface area contributed by atoms with E-state index >= 15 is 0 Å². The van der Waals surface area contributed by atoms with Crippen molar-refractivity contribution in [3.63, 3.8) is 0 Å². The van der Waals surface area contributed by atoms with Crippen LogP contribution in [0.3, 0.4) is 0 Å². The molecule has 35 heteroatoms. The molecule has 15 rings (SSSR count). The average Bonchev–Trinajstić information content (AvgIpc) is 1.54. The molecule has 0 fully saturated rings. The Morgan fingerprint density at radius 1 is 0.333 bits per heavy atom. The Morgan fingerprint density at radius 3 is 1.07 bits per heavy atom. The molecular formula is C88H78N24O10S. The van der Waals surface area contributed by atoms with E-state index < -0.39 is 0 Å². The van der Waals surface area contributed by atoms with Crippen LogP contribution in [0.4, 0.5) is 46.5 Å². The Labute approximate surface area is 707 Å². The van der Waals surface area contributed by atoms with Crippen LogP contribution in [0.5, 0.6) is 0 Å². The minimum Gasteiger partial charge on any atom is -0.466 e. The van der Waals surface area contributed by atoms with E-state index in [1.807, 2.05) is 60.8 Å². The van der Waals surface area contributed by atoms with Crippen molar-refractivity contribution in [1.82, 2.24) is 79.7 Å². The van der Waals surface area contributed by atoms with E-state index in [2.05, 4.69) is 122 Å². The fourth-order valence-electron chi connectivity index (χ4n) is 11.5. The minimum absolute atomic E-state index is 0.109. The van der Waals surface area contributed by atoms with Crippen molar-refractivity contribution in [1.29, 1.82) is 0 Å². The SMILES string of the molecule is CC(=O)Nc1ccc(C(=O)Nc2nc(C)nc(-c3ccccn3)n2)c(C)c1.Cc1nc(NC(=O)c2ccc(NC(=O)CCc3ccc(C)o3)cc2)nc(-c2ccccn2)n1.Cc1nc(NC(=O)c2ccc(NC(=O)Cc3cccs3)cc2)nc(-c2ccccn2)n1.Cc1nc(NC(=O)c2ccc(NC(=O)c3cc(C)oc3C)cc2)nc(-c2ccccn2)n1. The summed E-state index contributed by atoms with van der Waals surface area (Å²) in [5.74, 6) is 4.57. The predicted octanol–water partition coefficient (Wildman–Crippen LogP) is 14.4. The van der Waals surface area contributed by atoms with E-state index in [0.29, 0.717) is 151 Å². The monoisotopic (exact) mass is 1660 g/mol. The lowest BCUT2D eigenvalue weighted by atomic mass is 10.1. The molecule has 11 aromatic heterocycles. The van der Waals surface area contributed by atoms with Gasteiger partial charge in [0.15, 0.2) is 23.3 Å². The van der Waals surface area contributed by atoms with Crippen LogP contribution in [0.25, 0.3) is 46.1 Å². The maximum absolute atomic E-state index is 12.6. The van der Waals surface area contributed by atoms with Gasteiger partial charge in [0.2, 0.25) is 41.5 Å². The highest BCUT2D eigenvalue weighted by Gasteiger charge is 2.21.